The van der Waals surface area contributed by atoms with Gasteiger partial charge in [0.1, 0.15) is 6.61 Å². The number of aromatic nitrogens is 1. The number of benzene rings is 2. The molecule has 1 aliphatic rings. The molecule has 2 aromatic carbocycles. The van der Waals surface area contributed by atoms with Gasteiger partial charge in [0.05, 0.1) is 12.0 Å². The van der Waals surface area contributed by atoms with Gasteiger partial charge in [-0.2, -0.15) is 0 Å². The lowest BCUT2D eigenvalue weighted by Gasteiger charge is -2.14. The number of carbonyl (C=O) groups is 1. The maximum atomic E-state index is 12.2. The maximum absolute atomic E-state index is 12.2. The van der Waals surface area contributed by atoms with E-state index in [-0.39, 0.29) is 30.6 Å². The first-order valence-corrected chi connectivity index (χ1v) is 10.3. The average molecular weight is 443 g/mol. The summed E-state index contributed by atoms with van der Waals surface area (Å²) in [7, 11) is 1.32. The third kappa shape index (κ3) is 4.77. The van der Waals surface area contributed by atoms with Crippen LogP contribution in [-0.2, 0) is 4.74 Å². The number of methoxy groups -OCH3 is 1. The highest BCUT2D eigenvalue weighted by Crippen LogP contribution is 2.44. The van der Waals surface area contributed by atoms with Crippen LogP contribution in [0.5, 0.6) is 5.88 Å². The van der Waals surface area contributed by atoms with Gasteiger partial charge in [-0.15, -0.1) is 0 Å². The zero-order valence-corrected chi connectivity index (χ0v) is 17.9. The summed E-state index contributed by atoms with van der Waals surface area (Å²) in [5, 5.41) is 13.7. The second-order valence-electron chi connectivity index (χ2n) is 7.31. The zero-order valence-electron chi connectivity index (χ0n) is 17.9. The summed E-state index contributed by atoms with van der Waals surface area (Å²) in [4.78, 5) is 26.5. The van der Waals surface area contributed by atoms with Crippen LogP contribution in [0.1, 0.15) is 29.0 Å². The minimum absolute atomic E-state index is 0.00121. The van der Waals surface area contributed by atoms with E-state index in [0.717, 1.165) is 11.1 Å². The van der Waals surface area contributed by atoms with E-state index in [4.69, 9.17) is 9.47 Å². The summed E-state index contributed by atoms with van der Waals surface area (Å²) < 4.78 is 10.3. The Bertz CT molecular complexity index is 1220. The Morgan fingerprint density at radius 1 is 1.15 bits per heavy atom. The van der Waals surface area contributed by atoms with Crippen LogP contribution in [0.3, 0.4) is 0 Å². The van der Waals surface area contributed by atoms with Gasteiger partial charge >= 0.3 is 11.8 Å². The van der Waals surface area contributed by atoms with Crippen LogP contribution in [0.2, 0.25) is 0 Å². The number of amides is 1. The number of nitrogens with one attached hydrogen (secondary N) is 1. The smallest absolute Gasteiger partial charge is 0.407 e. The number of carbonyl (C=O) groups excluding carboxylic acids is 1. The Labute approximate surface area is 190 Å². The minimum atomic E-state index is -0.574. The fourth-order valence-electron chi connectivity index (χ4n) is 3.84. The van der Waals surface area contributed by atoms with Crippen LogP contribution in [0.15, 0.2) is 60.8 Å². The number of fused-ring (bicyclic) bond motifs is 3. The molecule has 8 heteroatoms. The highest BCUT2D eigenvalue weighted by Gasteiger charge is 2.28. The molecule has 0 saturated heterocycles. The van der Waals surface area contributed by atoms with Crippen LogP contribution in [0, 0.1) is 22.0 Å². The van der Waals surface area contributed by atoms with Gasteiger partial charge in [0, 0.05) is 36.7 Å². The number of hydrogen-bond donors (Lipinski definition) is 1. The van der Waals surface area contributed by atoms with Gasteiger partial charge < -0.3 is 14.8 Å². The Balaban J connectivity index is 1.29. The highest BCUT2D eigenvalue weighted by molar-refractivity contribution is 5.79. The van der Waals surface area contributed by atoms with Crippen molar-refractivity contribution in [1.29, 1.82) is 0 Å². The van der Waals surface area contributed by atoms with E-state index in [1.54, 1.807) is 0 Å². The third-order valence-corrected chi connectivity index (χ3v) is 5.32. The molecule has 1 heterocycles. The highest BCUT2D eigenvalue weighted by atomic mass is 16.6. The second kappa shape index (κ2) is 9.83. The van der Waals surface area contributed by atoms with Crippen molar-refractivity contribution in [3.8, 4) is 28.8 Å². The molecule has 8 nitrogen and oxygen atoms in total. The Kier molecular flexibility index (Phi) is 6.51. The summed E-state index contributed by atoms with van der Waals surface area (Å²) in [6.45, 7) is 0.530. The van der Waals surface area contributed by atoms with Gasteiger partial charge in [-0.25, -0.2) is 9.78 Å². The monoisotopic (exact) mass is 443 g/mol. The molecule has 0 aliphatic heterocycles. The molecule has 0 unspecified atom stereocenters. The van der Waals surface area contributed by atoms with Crippen molar-refractivity contribution in [2.45, 2.75) is 12.3 Å². The van der Waals surface area contributed by atoms with Crippen molar-refractivity contribution < 1.29 is 19.2 Å². The summed E-state index contributed by atoms with van der Waals surface area (Å²) in [6, 6.07) is 17.6. The first-order chi connectivity index (χ1) is 16.1. The van der Waals surface area contributed by atoms with Crippen molar-refractivity contribution in [1.82, 2.24) is 10.3 Å². The number of pyridine rings is 1. The topological polar surface area (TPSA) is 104 Å². The van der Waals surface area contributed by atoms with Crippen molar-refractivity contribution in [3.63, 3.8) is 0 Å². The largest absolute Gasteiger partial charge is 0.476 e. The lowest BCUT2D eigenvalue weighted by Crippen LogP contribution is -2.26. The van der Waals surface area contributed by atoms with Gasteiger partial charge in [-0.3, -0.25) is 10.1 Å². The molecular weight excluding hydrogens is 422 g/mol. The number of hydrogen-bond acceptors (Lipinski definition) is 6. The van der Waals surface area contributed by atoms with Crippen LogP contribution >= 0.6 is 0 Å². The lowest BCUT2D eigenvalue weighted by atomic mass is 9.98. The van der Waals surface area contributed by atoms with Crippen molar-refractivity contribution in [3.05, 3.63) is 87.6 Å². The van der Waals surface area contributed by atoms with E-state index in [1.165, 1.54) is 30.5 Å². The molecule has 3 aromatic rings. The first kappa shape index (κ1) is 21.8. The minimum Gasteiger partial charge on any atom is -0.476 e. The van der Waals surface area contributed by atoms with Gasteiger partial charge in [-0.1, -0.05) is 60.4 Å². The Hall–Kier alpha value is -4.38. The van der Waals surface area contributed by atoms with Crippen molar-refractivity contribution >= 4 is 11.8 Å². The number of alkyl carbamates (subject to hydrolysis) is 1. The van der Waals surface area contributed by atoms with E-state index in [9.17, 15) is 14.9 Å². The standard InChI is InChI=1S/C25H21N3O5/c1-32-24-23(28(30)31)14-17(15-27-24)8-6-7-13-26-25(29)33-16-22-20-11-4-2-9-18(20)19-10-3-5-12-21(19)22/h2-5,9-12,14-15,22H,7,13,16H2,1H3,(H,26,29). The Morgan fingerprint density at radius 3 is 2.45 bits per heavy atom. The van der Waals surface area contributed by atoms with Crippen LogP contribution in [0.4, 0.5) is 10.5 Å². The normalized spacial score (nSPS) is 11.5. The molecule has 1 aliphatic carbocycles. The molecule has 0 atom stereocenters. The zero-order chi connectivity index (χ0) is 23.2. The maximum Gasteiger partial charge on any atom is 0.407 e. The van der Waals surface area contributed by atoms with E-state index in [1.807, 2.05) is 24.3 Å². The molecule has 0 radical (unpaired) electrons. The molecule has 0 fully saturated rings. The lowest BCUT2D eigenvalue weighted by molar-refractivity contribution is -0.386. The van der Waals surface area contributed by atoms with Crippen molar-refractivity contribution in [2.75, 3.05) is 20.3 Å². The molecule has 0 spiro atoms. The quantitative estimate of drug-likeness (QED) is 0.264. The number of rotatable bonds is 6. The molecule has 1 amide bonds. The van der Waals surface area contributed by atoms with Gasteiger partial charge in [0.15, 0.2) is 0 Å². The molecule has 4 rings (SSSR count). The summed E-state index contributed by atoms with van der Waals surface area (Å²) >= 11 is 0. The van der Waals surface area contributed by atoms with Crippen molar-refractivity contribution in [2.24, 2.45) is 0 Å². The Morgan fingerprint density at radius 2 is 1.82 bits per heavy atom. The number of ether oxygens (including phenoxy) is 2. The van der Waals surface area contributed by atoms with Crippen LogP contribution in [0.25, 0.3) is 11.1 Å². The predicted octanol–water partition coefficient (Wildman–Crippen LogP) is 4.28. The van der Waals surface area contributed by atoms with Crippen LogP contribution < -0.4 is 10.1 Å². The van der Waals surface area contributed by atoms with E-state index in [0.29, 0.717) is 12.0 Å². The number of nitrogens with zero attached hydrogens (tertiary/aromatic N) is 2. The van der Waals surface area contributed by atoms with Gasteiger partial charge in [0.25, 0.3) is 5.88 Å². The van der Waals surface area contributed by atoms with Gasteiger partial charge in [0.2, 0.25) is 0 Å². The molecular formula is C25H21N3O5. The van der Waals surface area contributed by atoms with Crippen LogP contribution in [-0.4, -0.2) is 36.3 Å². The summed E-state index contributed by atoms with van der Waals surface area (Å²) in [5.41, 5.74) is 4.79. The average Bonchev–Trinajstić information content (AvgIpc) is 3.16. The second-order valence-corrected chi connectivity index (χ2v) is 7.31. The SMILES string of the molecule is COc1ncc(C#CCCNC(=O)OCC2c3ccccc3-c3ccccc32)cc1[N+](=O)[O-]. The summed E-state index contributed by atoms with van der Waals surface area (Å²) in [5.74, 6) is 5.59. The predicted molar refractivity (Wildman–Crippen MR) is 122 cm³/mol. The molecule has 0 saturated carbocycles. The fraction of sp³-hybridized carbons (Fsp3) is 0.200. The van der Waals surface area contributed by atoms with E-state index < -0.39 is 11.0 Å². The first-order valence-electron chi connectivity index (χ1n) is 10.3. The van der Waals surface area contributed by atoms with Gasteiger partial charge in [-0.05, 0) is 22.3 Å². The molecule has 33 heavy (non-hydrogen) atoms. The summed E-state index contributed by atoms with van der Waals surface area (Å²) in [6.07, 6.45) is 1.24. The van der Waals surface area contributed by atoms with E-state index >= 15 is 0 Å². The van der Waals surface area contributed by atoms with E-state index in [2.05, 4.69) is 46.4 Å². The molecule has 166 valence electrons. The number of nitro groups is 1. The molecule has 0 bridgehead atoms. The fourth-order valence-corrected chi connectivity index (χ4v) is 3.84. The molecule has 1 N–H and O–H groups in total. The third-order valence-electron chi connectivity index (χ3n) is 5.32. The molecule has 1 aromatic heterocycles.